The Morgan fingerprint density at radius 1 is 1.05 bits per heavy atom. The Hall–Kier alpha value is -2.55. The Balaban J connectivity index is 2.12. The number of nitrogen functional groups attached to an aromatic ring is 1. The summed E-state index contributed by atoms with van der Waals surface area (Å²) in [5, 5.41) is 4.42. The van der Waals surface area contributed by atoms with Crippen molar-refractivity contribution in [2.75, 3.05) is 11.1 Å². The average Bonchev–Trinajstić information content (AvgIpc) is 2.42. The lowest BCUT2D eigenvalue weighted by atomic mass is 10.1. The zero-order chi connectivity index (χ0) is 13.2. The van der Waals surface area contributed by atoms with E-state index in [1.807, 2.05) is 36.4 Å². The molecule has 19 heavy (non-hydrogen) atoms. The molecule has 1 heterocycles. The zero-order valence-corrected chi connectivity index (χ0v) is 10.7. The maximum Gasteiger partial charge on any atom is 0.0746 e. The van der Waals surface area contributed by atoms with E-state index in [1.165, 1.54) is 5.56 Å². The van der Waals surface area contributed by atoms with Crippen molar-refractivity contribution in [1.29, 1.82) is 0 Å². The molecule has 0 bridgehead atoms. The number of anilines is 3. The van der Waals surface area contributed by atoms with E-state index in [0.29, 0.717) is 5.69 Å². The molecule has 0 unspecified atom stereocenters. The number of hydrogen-bond acceptors (Lipinski definition) is 3. The number of aromatic nitrogens is 1. The van der Waals surface area contributed by atoms with E-state index in [9.17, 15) is 0 Å². The minimum Gasteiger partial charge on any atom is -0.396 e. The van der Waals surface area contributed by atoms with Crippen LogP contribution >= 0.6 is 0 Å². The molecule has 3 rings (SSSR count). The summed E-state index contributed by atoms with van der Waals surface area (Å²) in [7, 11) is 0. The Kier molecular flexibility index (Phi) is 2.80. The molecule has 3 nitrogen and oxygen atoms in total. The van der Waals surface area contributed by atoms with Gasteiger partial charge in [-0.05, 0) is 30.7 Å². The van der Waals surface area contributed by atoms with Gasteiger partial charge in [0.15, 0.2) is 0 Å². The Labute approximate surface area is 112 Å². The Morgan fingerprint density at radius 2 is 1.89 bits per heavy atom. The number of aryl methyl sites for hydroxylation is 1. The van der Waals surface area contributed by atoms with Crippen LogP contribution in [0, 0.1) is 6.92 Å². The van der Waals surface area contributed by atoms with E-state index in [4.69, 9.17) is 5.73 Å². The topological polar surface area (TPSA) is 50.9 Å². The van der Waals surface area contributed by atoms with Crippen LogP contribution in [0.5, 0.6) is 0 Å². The minimum absolute atomic E-state index is 0.653. The normalized spacial score (nSPS) is 10.6. The smallest absolute Gasteiger partial charge is 0.0746 e. The fourth-order valence-electron chi connectivity index (χ4n) is 2.16. The predicted molar refractivity (Wildman–Crippen MR) is 80.6 cm³/mol. The fourth-order valence-corrected chi connectivity index (χ4v) is 2.16. The van der Waals surface area contributed by atoms with Crippen LogP contribution in [0.3, 0.4) is 0 Å². The lowest BCUT2D eigenvalue weighted by Gasteiger charge is -2.12. The van der Waals surface area contributed by atoms with E-state index in [-0.39, 0.29) is 0 Å². The third-order valence-electron chi connectivity index (χ3n) is 3.09. The van der Waals surface area contributed by atoms with Crippen molar-refractivity contribution in [3.63, 3.8) is 0 Å². The summed E-state index contributed by atoms with van der Waals surface area (Å²) in [6, 6.07) is 16.2. The van der Waals surface area contributed by atoms with Crippen molar-refractivity contribution in [2.45, 2.75) is 6.92 Å². The molecule has 0 aliphatic rings. The first-order valence-electron chi connectivity index (χ1n) is 6.21. The highest BCUT2D eigenvalue weighted by atomic mass is 14.9. The first kappa shape index (κ1) is 11.5. The highest BCUT2D eigenvalue weighted by Crippen LogP contribution is 2.30. The van der Waals surface area contributed by atoms with Gasteiger partial charge in [-0.25, -0.2) is 0 Å². The van der Waals surface area contributed by atoms with E-state index >= 15 is 0 Å². The molecular weight excluding hydrogens is 234 g/mol. The van der Waals surface area contributed by atoms with Gasteiger partial charge in [-0.1, -0.05) is 30.3 Å². The minimum atomic E-state index is 0.653. The maximum atomic E-state index is 6.05. The maximum absolute atomic E-state index is 6.05. The van der Waals surface area contributed by atoms with E-state index < -0.39 is 0 Å². The van der Waals surface area contributed by atoms with Gasteiger partial charge in [-0.3, -0.25) is 4.98 Å². The van der Waals surface area contributed by atoms with Crippen molar-refractivity contribution in [1.82, 2.24) is 4.98 Å². The second kappa shape index (κ2) is 4.61. The van der Waals surface area contributed by atoms with Crippen molar-refractivity contribution in [3.8, 4) is 0 Å². The largest absolute Gasteiger partial charge is 0.396 e. The molecule has 0 saturated heterocycles. The zero-order valence-electron chi connectivity index (χ0n) is 10.7. The van der Waals surface area contributed by atoms with Gasteiger partial charge >= 0.3 is 0 Å². The van der Waals surface area contributed by atoms with E-state index in [0.717, 1.165) is 22.3 Å². The second-order valence-electron chi connectivity index (χ2n) is 4.60. The van der Waals surface area contributed by atoms with Crippen LogP contribution < -0.4 is 11.1 Å². The van der Waals surface area contributed by atoms with Crippen LogP contribution in [-0.4, -0.2) is 4.98 Å². The van der Waals surface area contributed by atoms with Gasteiger partial charge in [0.2, 0.25) is 0 Å². The van der Waals surface area contributed by atoms with Crippen molar-refractivity contribution in [3.05, 3.63) is 60.3 Å². The van der Waals surface area contributed by atoms with E-state index in [1.54, 1.807) is 6.20 Å². The SMILES string of the molecule is Cc1cccc(Nc2c(N)cnc3ccccc23)c1. The number of nitrogens with one attached hydrogen (secondary N) is 1. The highest BCUT2D eigenvalue weighted by molar-refractivity contribution is 5.98. The molecule has 0 atom stereocenters. The van der Waals surface area contributed by atoms with Crippen LogP contribution in [0.1, 0.15) is 5.56 Å². The molecule has 0 spiro atoms. The highest BCUT2D eigenvalue weighted by Gasteiger charge is 2.06. The quantitative estimate of drug-likeness (QED) is 0.725. The second-order valence-corrected chi connectivity index (χ2v) is 4.60. The Bertz CT molecular complexity index is 735. The molecule has 0 aliphatic heterocycles. The molecule has 94 valence electrons. The monoisotopic (exact) mass is 249 g/mol. The average molecular weight is 249 g/mol. The first-order chi connectivity index (χ1) is 9.24. The van der Waals surface area contributed by atoms with Crippen molar-refractivity contribution >= 4 is 28.0 Å². The van der Waals surface area contributed by atoms with Gasteiger partial charge in [0, 0.05) is 11.1 Å². The summed E-state index contributed by atoms with van der Waals surface area (Å²) in [6.07, 6.45) is 1.69. The third kappa shape index (κ3) is 2.22. The Morgan fingerprint density at radius 3 is 2.74 bits per heavy atom. The number of para-hydroxylation sites is 1. The summed E-state index contributed by atoms with van der Waals surface area (Å²) >= 11 is 0. The lowest BCUT2D eigenvalue weighted by molar-refractivity contribution is 1.40. The molecule has 3 aromatic rings. The number of hydrogen-bond donors (Lipinski definition) is 2. The van der Waals surface area contributed by atoms with Gasteiger partial charge in [-0.15, -0.1) is 0 Å². The van der Waals surface area contributed by atoms with Gasteiger partial charge in [0.1, 0.15) is 0 Å². The standard InChI is InChI=1S/C16H15N3/c1-11-5-4-6-12(9-11)19-16-13-7-2-3-8-15(13)18-10-14(16)17/h2-10H,17H2,1H3,(H,18,19). The summed E-state index contributed by atoms with van der Waals surface area (Å²) < 4.78 is 0. The molecule has 0 saturated carbocycles. The summed E-state index contributed by atoms with van der Waals surface area (Å²) in [4.78, 5) is 4.34. The van der Waals surface area contributed by atoms with E-state index in [2.05, 4.69) is 29.4 Å². The van der Waals surface area contributed by atoms with Crippen LogP contribution in [0.25, 0.3) is 10.9 Å². The molecule has 3 heteroatoms. The summed E-state index contributed by atoms with van der Waals surface area (Å²) in [5.41, 5.74) is 10.8. The fraction of sp³-hybridized carbons (Fsp3) is 0.0625. The van der Waals surface area contributed by atoms with Crippen molar-refractivity contribution in [2.24, 2.45) is 0 Å². The number of nitrogens with zero attached hydrogens (tertiary/aromatic N) is 1. The molecular formula is C16H15N3. The molecule has 1 aromatic heterocycles. The van der Waals surface area contributed by atoms with Gasteiger partial charge < -0.3 is 11.1 Å². The summed E-state index contributed by atoms with van der Waals surface area (Å²) in [6.45, 7) is 2.07. The lowest BCUT2D eigenvalue weighted by Crippen LogP contribution is -1.98. The molecule has 0 radical (unpaired) electrons. The molecule has 2 aromatic carbocycles. The third-order valence-corrected chi connectivity index (χ3v) is 3.09. The van der Waals surface area contributed by atoms with Crippen LogP contribution in [0.2, 0.25) is 0 Å². The van der Waals surface area contributed by atoms with Crippen LogP contribution in [0.15, 0.2) is 54.7 Å². The number of fused-ring (bicyclic) bond motifs is 1. The number of nitrogens with two attached hydrogens (primary N) is 1. The number of rotatable bonds is 2. The number of pyridine rings is 1. The van der Waals surface area contributed by atoms with Gasteiger partial charge in [0.25, 0.3) is 0 Å². The van der Waals surface area contributed by atoms with Crippen molar-refractivity contribution < 1.29 is 0 Å². The van der Waals surface area contributed by atoms with Gasteiger partial charge in [-0.2, -0.15) is 0 Å². The predicted octanol–water partition coefficient (Wildman–Crippen LogP) is 3.87. The summed E-state index contributed by atoms with van der Waals surface area (Å²) in [5.74, 6) is 0. The molecule has 0 aliphatic carbocycles. The molecule has 3 N–H and O–H groups in total. The first-order valence-corrected chi connectivity index (χ1v) is 6.21. The van der Waals surface area contributed by atoms with Crippen LogP contribution in [0.4, 0.5) is 17.1 Å². The molecule has 0 fully saturated rings. The number of benzene rings is 2. The van der Waals surface area contributed by atoms with Crippen LogP contribution in [-0.2, 0) is 0 Å². The molecule has 0 amide bonds. The van der Waals surface area contributed by atoms with Gasteiger partial charge in [0.05, 0.1) is 23.1 Å².